The van der Waals surface area contributed by atoms with Crippen LogP contribution in [0.25, 0.3) is 0 Å². The molecule has 3 aliphatic rings. The van der Waals surface area contributed by atoms with Crippen molar-refractivity contribution in [3.05, 3.63) is 12.2 Å². The molecule has 29 heavy (non-hydrogen) atoms. The molecular formula is C21H28O8. The van der Waals surface area contributed by atoms with Crippen LogP contribution in [0.1, 0.15) is 40.5 Å². The van der Waals surface area contributed by atoms with Gasteiger partial charge in [0.1, 0.15) is 12.2 Å². The zero-order valence-corrected chi connectivity index (χ0v) is 17.1. The van der Waals surface area contributed by atoms with E-state index < -0.39 is 59.8 Å². The topological polar surface area (TPSA) is 116 Å². The minimum Gasteiger partial charge on any atom is -0.481 e. The fourth-order valence-corrected chi connectivity index (χ4v) is 5.02. The second-order valence-electron chi connectivity index (χ2n) is 8.75. The van der Waals surface area contributed by atoms with Crippen molar-refractivity contribution in [1.29, 1.82) is 0 Å². The molecule has 2 aliphatic carbocycles. The molecule has 0 aromatic carbocycles. The number of carbonyl (C=O) groups is 4. The highest BCUT2D eigenvalue weighted by Gasteiger charge is 2.70. The van der Waals surface area contributed by atoms with Gasteiger partial charge in [-0.2, -0.15) is 0 Å². The van der Waals surface area contributed by atoms with Crippen LogP contribution >= 0.6 is 0 Å². The molecule has 1 N–H and O–H groups in total. The minimum atomic E-state index is -1.05. The van der Waals surface area contributed by atoms with Crippen LogP contribution in [0.2, 0.25) is 0 Å². The SMILES string of the molecule is C=C(C)C(=O)OC(C)CC(C)C(C)C(=O)OC1C2CC3C1OC(=O)C3C2C(=O)O. The zero-order chi connectivity index (χ0) is 21.6. The van der Waals surface area contributed by atoms with Gasteiger partial charge in [-0.25, -0.2) is 4.79 Å². The van der Waals surface area contributed by atoms with E-state index >= 15 is 0 Å². The van der Waals surface area contributed by atoms with E-state index in [9.17, 15) is 24.3 Å². The molecule has 0 aromatic heterocycles. The number of aliphatic carboxylic acids is 1. The van der Waals surface area contributed by atoms with Crippen molar-refractivity contribution in [1.82, 2.24) is 0 Å². The summed E-state index contributed by atoms with van der Waals surface area (Å²) in [4.78, 5) is 48.1. The Hall–Kier alpha value is -2.38. The summed E-state index contributed by atoms with van der Waals surface area (Å²) in [6.07, 6.45) is -0.669. The van der Waals surface area contributed by atoms with Gasteiger partial charge in [0, 0.05) is 17.4 Å². The molecule has 0 spiro atoms. The van der Waals surface area contributed by atoms with Crippen LogP contribution in [0.5, 0.6) is 0 Å². The molecule has 0 aromatic rings. The smallest absolute Gasteiger partial charge is 0.333 e. The van der Waals surface area contributed by atoms with Gasteiger partial charge in [0.15, 0.2) is 0 Å². The van der Waals surface area contributed by atoms with E-state index in [0.29, 0.717) is 18.4 Å². The van der Waals surface area contributed by atoms with Crippen molar-refractivity contribution in [3.8, 4) is 0 Å². The molecule has 2 bridgehead atoms. The molecule has 1 saturated heterocycles. The highest BCUT2D eigenvalue weighted by atomic mass is 16.6. The standard InChI is InChI=1S/C21H28O8/c1-8(2)19(24)27-10(4)6-9(3)11(5)20(25)28-16-12-7-13-15(14(12)18(22)23)21(26)29-17(13)16/h9-17H,1,6-7H2,2-5H3,(H,22,23). The predicted molar refractivity (Wildman–Crippen MR) is 99.3 cm³/mol. The number of hydrogen-bond donors (Lipinski definition) is 1. The largest absolute Gasteiger partial charge is 0.481 e. The summed E-state index contributed by atoms with van der Waals surface area (Å²) in [6.45, 7) is 10.5. The van der Waals surface area contributed by atoms with E-state index in [4.69, 9.17) is 14.2 Å². The van der Waals surface area contributed by atoms with Gasteiger partial charge in [0.05, 0.1) is 23.9 Å². The predicted octanol–water partition coefficient (Wildman–Crippen LogP) is 1.96. The lowest BCUT2D eigenvalue weighted by Gasteiger charge is -2.31. The Balaban J connectivity index is 1.60. The van der Waals surface area contributed by atoms with Gasteiger partial charge in [-0.05, 0) is 32.6 Å². The second kappa shape index (κ2) is 7.80. The Bertz CT molecular complexity index is 743. The molecule has 0 amide bonds. The van der Waals surface area contributed by atoms with E-state index in [2.05, 4.69) is 6.58 Å². The molecule has 8 nitrogen and oxygen atoms in total. The Kier molecular flexibility index (Phi) is 5.74. The maximum Gasteiger partial charge on any atom is 0.333 e. The van der Waals surface area contributed by atoms with Gasteiger partial charge >= 0.3 is 23.9 Å². The van der Waals surface area contributed by atoms with Gasteiger partial charge < -0.3 is 19.3 Å². The molecule has 2 saturated carbocycles. The second-order valence-corrected chi connectivity index (χ2v) is 8.75. The molecule has 8 heteroatoms. The van der Waals surface area contributed by atoms with Crippen LogP contribution < -0.4 is 0 Å². The maximum absolute atomic E-state index is 12.7. The fourth-order valence-electron chi connectivity index (χ4n) is 5.02. The average Bonchev–Trinajstić information content (AvgIpc) is 3.23. The number of rotatable bonds is 8. The minimum absolute atomic E-state index is 0.136. The van der Waals surface area contributed by atoms with E-state index in [-0.39, 0.29) is 17.9 Å². The third kappa shape index (κ3) is 3.76. The Labute approximate surface area is 169 Å². The van der Waals surface area contributed by atoms with Gasteiger partial charge in [-0.3, -0.25) is 14.4 Å². The summed E-state index contributed by atoms with van der Waals surface area (Å²) in [5.74, 6) is -5.19. The lowest BCUT2D eigenvalue weighted by atomic mass is 9.78. The normalized spacial score (nSPS) is 34.8. The number of carboxylic acid groups (broad SMARTS) is 1. The van der Waals surface area contributed by atoms with Crippen LogP contribution in [-0.2, 0) is 33.4 Å². The summed E-state index contributed by atoms with van der Waals surface area (Å²) in [5.41, 5.74) is 0.311. The van der Waals surface area contributed by atoms with Gasteiger partial charge in [-0.15, -0.1) is 0 Å². The molecule has 0 radical (unpaired) electrons. The summed E-state index contributed by atoms with van der Waals surface area (Å²) in [5, 5.41) is 9.54. The first-order valence-corrected chi connectivity index (χ1v) is 10.0. The van der Waals surface area contributed by atoms with Crippen LogP contribution in [0.3, 0.4) is 0 Å². The zero-order valence-electron chi connectivity index (χ0n) is 17.1. The number of esters is 3. The molecule has 3 rings (SSSR count). The maximum atomic E-state index is 12.7. The first-order chi connectivity index (χ1) is 13.5. The highest BCUT2D eigenvalue weighted by molar-refractivity contribution is 5.87. The van der Waals surface area contributed by atoms with E-state index in [1.807, 2.05) is 6.92 Å². The van der Waals surface area contributed by atoms with Gasteiger partial charge in [0.2, 0.25) is 0 Å². The third-order valence-corrected chi connectivity index (χ3v) is 6.67. The van der Waals surface area contributed by atoms with Crippen LogP contribution in [-0.4, -0.2) is 47.3 Å². The molecule has 1 heterocycles. The van der Waals surface area contributed by atoms with Crippen molar-refractivity contribution in [2.45, 2.75) is 58.8 Å². The number of hydrogen-bond acceptors (Lipinski definition) is 7. The first-order valence-electron chi connectivity index (χ1n) is 10.0. The average molecular weight is 408 g/mol. The summed E-state index contributed by atoms with van der Waals surface area (Å²) in [7, 11) is 0. The molecular weight excluding hydrogens is 380 g/mol. The Morgan fingerprint density at radius 1 is 1.24 bits per heavy atom. The van der Waals surface area contributed by atoms with Crippen LogP contribution in [0.4, 0.5) is 0 Å². The Morgan fingerprint density at radius 2 is 1.90 bits per heavy atom. The number of ether oxygens (including phenoxy) is 3. The van der Waals surface area contributed by atoms with E-state index in [1.54, 1.807) is 20.8 Å². The first kappa shape index (κ1) is 21.3. The highest BCUT2D eigenvalue weighted by Crippen LogP contribution is 2.58. The number of fused-ring (bicyclic) bond motifs is 1. The van der Waals surface area contributed by atoms with E-state index in [0.717, 1.165) is 0 Å². The lowest BCUT2D eigenvalue weighted by molar-refractivity contribution is -0.169. The summed E-state index contributed by atoms with van der Waals surface area (Å²) >= 11 is 0. The molecule has 9 atom stereocenters. The van der Waals surface area contributed by atoms with Crippen molar-refractivity contribution in [2.24, 2.45) is 35.5 Å². The van der Waals surface area contributed by atoms with Crippen LogP contribution in [0, 0.1) is 35.5 Å². The summed E-state index contributed by atoms with van der Waals surface area (Å²) in [6, 6.07) is 0. The number of carbonyl (C=O) groups excluding carboxylic acids is 3. The lowest BCUT2D eigenvalue weighted by Crippen LogP contribution is -2.44. The van der Waals surface area contributed by atoms with Gasteiger partial charge in [-0.1, -0.05) is 20.4 Å². The fraction of sp³-hybridized carbons (Fsp3) is 0.714. The van der Waals surface area contributed by atoms with Crippen molar-refractivity contribution >= 4 is 23.9 Å². The molecule has 1 aliphatic heterocycles. The quantitative estimate of drug-likeness (QED) is 0.368. The van der Waals surface area contributed by atoms with Crippen molar-refractivity contribution in [2.75, 3.05) is 0 Å². The monoisotopic (exact) mass is 408 g/mol. The van der Waals surface area contributed by atoms with Crippen molar-refractivity contribution in [3.63, 3.8) is 0 Å². The van der Waals surface area contributed by atoms with Crippen molar-refractivity contribution < 1.29 is 38.5 Å². The Morgan fingerprint density at radius 3 is 2.48 bits per heavy atom. The third-order valence-electron chi connectivity index (χ3n) is 6.67. The van der Waals surface area contributed by atoms with Gasteiger partial charge in [0.25, 0.3) is 0 Å². The molecule has 160 valence electrons. The molecule has 3 fully saturated rings. The van der Waals surface area contributed by atoms with E-state index in [1.165, 1.54) is 0 Å². The number of carboxylic acids is 1. The summed E-state index contributed by atoms with van der Waals surface area (Å²) < 4.78 is 16.3. The van der Waals surface area contributed by atoms with Crippen LogP contribution in [0.15, 0.2) is 12.2 Å². The molecule has 9 unspecified atom stereocenters.